The number of nitrogens with one attached hydrogen (secondary N) is 1. The van der Waals surface area contributed by atoms with Crippen LogP contribution in [-0.4, -0.2) is 21.1 Å². The fourth-order valence-corrected chi connectivity index (χ4v) is 6.02. The van der Waals surface area contributed by atoms with Gasteiger partial charge in [0.1, 0.15) is 16.2 Å². The molecule has 2 aromatic heterocycles. The molecule has 1 aliphatic carbocycles. The molecule has 2 heterocycles. The highest BCUT2D eigenvalue weighted by Crippen LogP contribution is 2.41. The van der Waals surface area contributed by atoms with E-state index in [4.69, 9.17) is 0 Å². The van der Waals surface area contributed by atoms with Crippen LogP contribution in [0.3, 0.4) is 0 Å². The molecule has 1 amide bonds. The monoisotopic (exact) mass is 411 g/mol. The SMILES string of the molecule is Cc1ccc(C)c(NC(=O)[C@H](C)Sc2ncnc3sc4c(c23)CC[C@H](C)C4)c1. The average Bonchev–Trinajstić information content (AvgIpc) is 3.03. The number of fused-ring (bicyclic) bond motifs is 3. The highest BCUT2D eigenvalue weighted by molar-refractivity contribution is 8.00. The Morgan fingerprint density at radius 1 is 1.32 bits per heavy atom. The summed E-state index contributed by atoms with van der Waals surface area (Å²) in [6.07, 6.45) is 5.05. The lowest BCUT2D eigenvalue weighted by molar-refractivity contribution is -0.115. The number of carbonyl (C=O) groups excluding carboxylic acids is 1. The molecule has 4 rings (SSSR count). The number of hydrogen-bond donors (Lipinski definition) is 1. The number of thiophene rings is 1. The van der Waals surface area contributed by atoms with Crippen LogP contribution in [0.5, 0.6) is 0 Å². The lowest BCUT2D eigenvalue weighted by atomic mass is 9.89. The van der Waals surface area contributed by atoms with Crippen molar-refractivity contribution in [2.24, 2.45) is 5.92 Å². The molecule has 1 aliphatic rings. The molecule has 0 unspecified atom stereocenters. The molecule has 28 heavy (non-hydrogen) atoms. The summed E-state index contributed by atoms with van der Waals surface area (Å²) in [5, 5.41) is 4.94. The van der Waals surface area contributed by atoms with Crippen molar-refractivity contribution in [2.45, 2.75) is 57.2 Å². The maximum absolute atomic E-state index is 12.8. The van der Waals surface area contributed by atoms with Gasteiger partial charge in [-0.05, 0) is 68.7 Å². The first-order valence-corrected chi connectivity index (χ1v) is 11.4. The average molecular weight is 412 g/mol. The van der Waals surface area contributed by atoms with Crippen LogP contribution in [0, 0.1) is 19.8 Å². The Balaban J connectivity index is 1.57. The molecular weight excluding hydrogens is 386 g/mol. The predicted octanol–water partition coefficient (Wildman–Crippen LogP) is 5.55. The summed E-state index contributed by atoms with van der Waals surface area (Å²) in [6.45, 7) is 8.30. The smallest absolute Gasteiger partial charge is 0.237 e. The van der Waals surface area contributed by atoms with Crippen molar-refractivity contribution in [3.05, 3.63) is 46.1 Å². The molecule has 0 spiro atoms. The second kappa shape index (κ2) is 7.84. The minimum absolute atomic E-state index is 0.00295. The Hall–Kier alpha value is -1.92. The van der Waals surface area contributed by atoms with Gasteiger partial charge in [0, 0.05) is 16.0 Å². The molecule has 146 valence electrons. The van der Waals surface area contributed by atoms with Gasteiger partial charge < -0.3 is 5.32 Å². The summed E-state index contributed by atoms with van der Waals surface area (Å²) >= 11 is 3.33. The number of thioether (sulfide) groups is 1. The number of amides is 1. The van der Waals surface area contributed by atoms with Gasteiger partial charge in [-0.25, -0.2) is 9.97 Å². The topological polar surface area (TPSA) is 54.9 Å². The summed E-state index contributed by atoms with van der Waals surface area (Å²) in [5.74, 6) is 0.732. The summed E-state index contributed by atoms with van der Waals surface area (Å²) < 4.78 is 0. The lowest BCUT2D eigenvalue weighted by Gasteiger charge is -2.18. The number of hydrogen-bond acceptors (Lipinski definition) is 5. The number of aromatic nitrogens is 2. The Kier molecular flexibility index (Phi) is 5.43. The van der Waals surface area contributed by atoms with E-state index in [1.807, 2.05) is 32.9 Å². The van der Waals surface area contributed by atoms with Crippen LogP contribution < -0.4 is 5.32 Å². The van der Waals surface area contributed by atoms with E-state index in [-0.39, 0.29) is 11.2 Å². The Labute approximate surface area is 174 Å². The van der Waals surface area contributed by atoms with Gasteiger partial charge in [-0.1, -0.05) is 30.8 Å². The molecule has 0 bridgehead atoms. The first kappa shape index (κ1) is 19.4. The van der Waals surface area contributed by atoms with Gasteiger partial charge in [0.25, 0.3) is 0 Å². The highest BCUT2D eigenvalue weighted by Gasteiger charge is 2.25. The molecule has 0 fully saturated rings. The largest absolute Gasteiger partial charge is 0.325 e. The zero-order valence-corrected chi connectivity index (χ0v) is 18.3. The number of nitrogens with zero attached hydrogens (tertiary/aromatic N) is 2. The van der Waals surface area contributed by atoms with Crippen molar-refractivity contribution in [1.29, 1.82) is 0 Å². The third-order valence-corrected chi connectivity index (χ3v) is 7.63. The van der Waals surface area contributed by atoms with E-state index in [1.54, 1.807) is 17.7 Å². The Morgan fingerprint density at radius 3 is 2.96 bits per heavy atom. The summed E-state index contributed by atoms with van der Waals surface area (Å²) in [5.41, 5.74) is 4.50. The second-order valence-electron chi connectivity index (χ2n) is 7.78. The molecule has 0 saturated heterocycles. The second-order valence-corrected chi connectivity index (χ2v) is 10.2. The van der Waals surface area contributed by atoms with Crippen molar-refractivity contribution in [3.8, 4) is 0 Å². The van der Waals surface area contributed by atoms with Crippen LogP contribution in [0.1, 0.15) is 41.8 Å². The van der Waals surface area contributed by atoms with E-state index in [0.29, 0.717) is 0 Å². The summed E-state index contributed by atoms with van der Waals surface area (Å²) in [7, 11) is 0. The predicted molar refractivity (Wildman–Crippen MR) is 118 cm³/mol. The number of aryl methyl sites for hydroxylation is 3. The minimum Gasteiger partial charge on any atom is -0.325 e. The van der Waals surface area contributed by atoms with Gasteiger partial charge in [-0.15, -0.1) is 11.3 Å². The first-order chi connectivity index (χ1) is 13.4. The third kappa shape index (κ3) is 3.80. The number of anilines is 1. The summed E-state index contributed by atoms with van der Waals surface area (Å²) in [4.78, 5) is 24.4. The molecule has 6 heteroatoms. The van der Waals surface area contributed by atoms with Crippen LogP contribution in [0.25, 0.3) is 10.2 Å². The fourth-order valence-electron chi connectivity index (χ4n) is 3.66. The first-order valence-electron chi connectivity index (χ1n) is 9.72. The van der Waals surface area contributed by atoms with Gasteiger partial charge in [0.2, 0.25) is 5.91 Å². The van der Waals surface area contributed by atoms with Crippen LogP contribution >= 0.6 is 23.1 Å². The zero-order chi connectivity index (χ0) is 19.8. The molecule has 2 atom stereocenters. The van der Waals surface area contributed by atoms with Gasteiger partial charge >= 0.3 is 0 Å². The maximum atomic E-state index is 12.8. The van der Waals surface area contributed by atoms with Gasteiger partial charge in [0.05, 0.1) is 5.25 Å². The normalized spacial score (nSPS) is 17.4. The van der Waals surface area contributed by atoms with Gasteiger partial charge in [-0.3, -0.25) is 4.79 Å². The highest BCUT2D eigenvalue weighted by atomic mass is 32.2. The van der Waals surface area contributed by atoms with E-state index < -0.39 is 0 Å². The van der Waals surface area contributed by atoms with E-state index in [0.717, 1.165) is 45.4 Å². The van der Waals surface area contributed by atoms with E-state index in [1.165, 1.54) is 34.0 Å². The van der Waals surface area contributed by atoms with Crippen LogP contribution in [0.15, 0.2) is 29.6 Å². The van der Waals surface area contributed by atoms with Crippen molar-refractivity contribution < 1.29 is 4.79 Å². The van der Waals surface area contributed by atoms with Crippen LogP contribution in [0.4, 0.5) is 5.69 Å². The molecule has 4 nitrogen and oxygen atoms in total. The van der Waals surface area contributed by atoms with Crippen LogP contribution in [0.2, 0.25) is 0 Å². The Bertz CT molecular complexity index is 1040. The molecule has 1 aromatic carbocycles. The van der Waals surface area contributed by atoms with E-state index in [2.05, 4.69) is 28.3 Å². The molecule has 0 radical (unpaired) electrons. The molecule has 0 saturated carbocycles. The summed E-state index contributed by atoms with van der Waals surface area (Å²) in [6, 6.07) is 6.11. The van der Waals surface area contributed by atoms with E-state index in [9.17, 15) is 4.79 Å². The van der Waals surface area contributed by atoms with Gasteiger partial charge in [-0.2, -0.15) is 0 Å². The van der Waals surface area contributed by atoms with Crippen LogP contribution in [-0.2, 0) is 17.6 Å². The number of benzene rings is 1. The zero-order valence-electron chi connectivity index (χ0n) is 16.7. The maximum Gasteiger partial charge on any atom is 0.237 e. The molecule has 0 aliphatic heterocycles. The third-order valence-electron chi connectivity index (χ3n) is 5.37. The fraction of sp³-hybridized carbons (Fsp3) is 0.409. The quantitative estimate of drug-likeness (QED) is 0.451. The molecular formula is C22H25N3OS2. The Morgan fingerprint density at radius 2 is 2.14 bits per heavy atom. The van der Waals surface area contributed by atoms with Crippen molar-refractivity contribution in [1.82, 2.24) is 9.97 Å². The molecule has 3 aromatic rings. The lowest BCUT2D eigenvalue weighted by Crippen LogP contribution is -2.23. The van der Waals surface area contributed by atoms with Crippen molar-refractivity contribution >= 4 is 44.9 Å². The number of rotatable bonds is 4. The van der Waals surface area contributed by atoms with Crippen molar-refractivity contribution in [3.63, 3.8) is 0 Å². The standard InChI is InChI=1S/C22H25N3OS2/c1-12-5-7-14(3)17(9-12)25-20(26)15(4)27-21-19-16-8-6-13(2)10-18(16)28-22(19)24-11-23-21/h5,7,9,11,13,15H,6,8,10H2,1-4H3,(H,25,26)/t13-,15-/m0/s1. The minimum atomic E-state index is -0.240. The van der Waals surface area contributed by atoms with Gasteiger partial charge in [0.15, 0.2) is 0 Å². The van der Waals surface area contributed by atoms with E-state index >= 15 is 0 Å². The molecule has 1 N–H and O–H groups in total. The number of carbonyl (C=O) groups is 1. The van der Waals surface area contributed by atoms with Crippen molar-refractivity contribution in [2.75, 3.05) is 5.32 Å².